The summed E-state index contributed by atoms with van der Waals surface area (Å²) < 4.78 is 16.1. The molecule has 7 heterocycles. The molecule has 3 saturated heterocycles. The standard InChI is InChI=1S/C26H21N6O3.C23H27FIN4O4.Li/c1-15(33)31-10-12-32(13-11-31)26-28-20-9-5-3-7-17(20)23(29-26)22-21(24(34)30-25(22)35)18-14-27-19-8-4-2-6-16(18)19;1-2-14(5-6-25)13-27-7-9-28(10-8-27)19-12-16-15(11-17(19)24)22(32)29(23(16)33)18-3-4-20(30)26-21(18)31;/h2-9,14,27H,1,10-13H2,(H,30,34,35);11-12,14,18H,1-10,13H2,(H,26,30,31);/q2*-1;+1. The van der Waals surface area contributed by atoms with Crippen LogP contribution >= 0.6 is 22.6 Å². The third-order valence-electron chi connectivity index (χ3n) is 13.2. The minimum absolute atomic E-state index is 0. The predicted molar refractivity (Wildman–Crippen MR) is 261 cm³/mol. The number of alkyl halides is 1. The van der Waals surface area contributed by atoms with Gasteiger partial charge in [0, 0.05) is 86.8 Å². The van der Waals surface area contributed by atoms with E-state index in [-0.39, 0.29) is 59.9 Å². The Labute approximate surface area is 422 Å². The molecule has 5 aromatic rings. The molecule has 2 aromatic heterocycles. The van der Waals surface area contributed by atoms with Gasteiger partial charge >= 0.3 is 18.9 Å². The van der Waals surface area contributed by atoms with Gasteiger partial charge < -0.3 is 38.3 Å². The minimum Gasteiger partial charge on any atom is -0.367 e. The number of imide groups is 3. The molecule has 0 spiro atoms. The van der Waals surface area contributed by atoms with Crippen molar-refractivity contribution in [3.8, 4) is 0 Å². The fourth-order valence-electron chi connectivity index (χ4n) is 9.51. The maximum absolute atomic E-state index is 15.0. The molecule has 2 unspecified atom stereocenters. The number of para-hydroxylation sites is 2. The molecule has 5 aliphatic rings. The number of carbonyl (C=O) groups is 7. The van der Waals surface area contributed by atoms with Gasteiger partial charge in [0.15, 0.2) is 0 Å². The van der Waals surface area contributed by atoms with E-state index in [1.807, 2.05) is 58.3 Å². The minimum atomic E-state index is -1.06. The van der Waals surface area contributed by atoms with Gasteiger partial charge in [-0.05, 0) is 48.1 Å². The Morgan fingerprint density at radius 1 is 0.797 bits per heavy atom. The number of nitrogens with one attached hydrogen (secondary N) is 3. The van der Waals surface area contributed by atoms with Gasteiger partial charge in [-0.3, -0.25) is 49.2 Å². The fourth-order valence-corrected chi connectivity index (χ4v) is 10.4. The Kier molecular flexibility index (Phi) is 14.9. The number of hydrogen-bond donors (Lipinski definition) is 3. The van der Waals surface area contributed by atoms with E-state index in [1.165, 1.54) is 6.07 Å². The molecule has 5 aliphatic heterocycles. The van der Waals surface area contributed by atoms with Crippen molar-refractivity contribution in [2.24, 2.45) is 5.92 Å². The number of carbonyl (C=O) groups excluding carboxylic acids is 7. The van der Waals surface area contributed by atoms with Crippen molar-refractivity contribution in [2.75, 3.05) is 73.1 Å². The number of halogens is 2. The summed E-state index contributed by atoms with van der Waals surface area (Å²) in [5.41, 5.74) is 3.45. The third kappa shape index (κ3) is 9.74. The smallest absolute Gasteiger partial charge is 0.367 e. The van der Waals surface area contributed by atoms with Crippen molar-refractivity contribution in [3.63, 3.8) is 0 Å². The monoisotopic (exact) mass is 1040 g/mol. The number of hydrogen-bond acceptors (Lipinski definition) is 12. The normalized spacial score (nSPS) is 19.1. The number of amides is 7. The Morgan fingerprint density at radius 3 is 2.13 bits per heavy atom. The van der Waals surface area contributed by atoms with E-state index < -0.39 is 47.3 Å². The van der Waals surface area contributed by atoms with Crippen LogP contribution in [0, 0.1) is 25.6 Å². The maximum Gasteiger partial charge on any atom is 1.00 e. The van der Waals surface area contributed by atoms with Gasteiger partial charge in [-0.15, -0.1) is 0 Å². The van der Waals surface area contributed by atoms with E-state index in [4.69, 9.17) is 9.97 Å². The van der Waals surface area contributed by atoms with E-state index in [9.17, 15) is 33.6 Å². The van der Waals surface area contributed by atoms with Crippen LogP contribution in [0.5, 0.6) is 0 Å². The van der Waals surface area contributed by atoms with Crippen LogP contribution in [0.2, 0.25) is 0 Å². The topological polar surface area (TPSA) is 201 Å². The number of rotatable bonds is 10. The largest absolute Gasteiger partial charge is 1.00 e. The Morgan fingerprint density at radius 2 is 1.45 bits per heavy atom. The van der Waals surface area contributed by atoms with Crippen LogP contribution in [0.4, 0.5) is 16.0 Å². The summed E-state index contributed by atoms with van der Waals surface area (Å²) in [5, 5.41) is 6.15. The zero-order valence-corrected chi connectivity index (χ0v) is 40.2. The molecule has 0 saturated carbocycles. The summed E-state index contributed by atoms with van der Waals surface area (Å²) in [6.07, 6.45) is 3.88. The number of piperidine rings is 1. The van der Waals surface area contributed by atoms with Gasteiger partial charge in [0.1, 0.15) is 11.9 Å². The summed E-state index contributed by atoms with van der Waals surface area (Å²) in [5.74, 6) is -3.15. The van der Waals surface area contributed by atoms with Crippen LogP contribution in [0.3, 0.4) is 0 Å². The molecule has 2 atom stereocenters. The second-order valence-electron chi connectivity index (χ2n) is 17.3. The van der Waals surface area contributed by atoms with Gasteiger partial charge in [0.2, 0.25) is 17.8 Å². The van der Waals surface area contributed by atoms with Gasteiger partial charge in [-0.1, -0.05) is 64.9 Å². The fraction of sp³-hybridized carbons (Fsp3) is 0.327. The van der Waals surface area contributed by atoms with Crippen molar-refractivity contribution in [2.45, 2.75) is 31.7 Å². The molecule has 3 fully saturated rings. The van der Waals surface area contributed by atoms with E-state index in [1.54, 1.807) is 11.1 Å². The number of aromatic amines is 1. The second kappa shape index (κ2) is 20.8. The maximum atomic E-state index is 15.0. The predicted octanol–water partition coefficient (Wildman–Crippen LogP) is 1.18. The Hall–Kier alpha value is -6.14. The zero-order valence-electron chi connectivity index (χ0n) is 38.1. The molecule has 0 bridgehead atoms. The molecular formula is C49H48FILiN10O7-. The van der Waals surface area contributed by atoms with Crippen molar-refractivity contribution < 1.29 is 56.8 Å². The quantitative estimate of drug-likeness (QED) is 0.0595. The average molecular weight is 1040 g/mol. The van der Waals surface area contributed by atoms with Crippen LogP contribution in [0.15, 0.2) is 66.9 Å². The molecule has 3 aromatic carbocycles. The number of aromatic nitrogens is 3. The molecule has 3 N–H and O–H groups in total. The number of anilines is 2. The summed E-state index contributed by atoms with van der Waals surface area (Å²) >= 11 is 2.38. The molecule has 352 valence electrons. The number of fused-ring (bicyclic) bond motifs is 3. The van der Waals surface area contributed by atoms with Gasteiger partial charge in [-0.2, -0.15) is 6.42 Å². The van der Waals surface area contributed by atoms with Gasteiger partial charge in [0.25, 0.3) is 23.6 Å². The van der Waals surface area contributed by atoms with Crippen LogP contribution in [-0.4, -0.2) is 140 Å². The number of nitrogens with zero attached hydrogens (tertiary/aromatic N) is 7. The van der Waals surface area contributed by atoms with E-state index in [2.05, 4.69) is 57.0 Å². The Bertz CT molecular complexity index is 2930. The summed E-state index contributed by atoms with van der Waals surface area (Å²) in [7, 11) is 0. The Balaban J connectivity index is 0.000000184. The van der Waals surface area contributed by atoms with Crippen molar-refractivity contribution >= 4 is 109 Å². The van der Waals surface area contributed by atoms with Crippen LogP contribution in [-0.2, 0) is 24.0 Å². The van der Waals surface area contributed by atoms with Crippen molar-refractivity contribution in [1.29, 1.82) is 0 Å². The van der Waals surface area contributed by atoms with Crippen LogP contribution in [0.25, 0.3) is 33.0 Å². The molecule has 17 nitrogen and oxygen atoms in total. The van der Waals surface area contributed by atoms with E-state index in [0.717, 1.165) is 58.8 Å². The van der Waals surface area contributed by atoms with E-state index in [0.29, 0.717) is 79.0 Å². The van der Waals surface area contributed by atoms with Gasteiger partial charge in [-0.25, -0.2) is 14.4 Å². The zero-order chi connectivity index (χ0) is 47.8. The first-order chi connectivity index (χ1) is 32.8. The SMILES string of the molecule is [CH2-]C(=O)N1CCN(c2nc(C3=C(c4c[nH]c5ccccc45)C(=O)NC3=O)c3ccccc3n2)CC1.[CH2-]CC(CCI)CN1CCN(c2cc3c(cc2F)C(=O)N(C2CCC(=O)NC2=O)C3=O)CC1.[Li+]. The van der Waals surface area contributed by atoms with Crippen molar-refractivity contribution in [3.05, 3.63) is 109 Å². The van der Waals surface area contributed by atoms with Crippen LogP contribution < -0.4 is 39.3 Å². The number of piperazine rings is 2. The first-order valence-electron chi connectivity index (χ1n) is 22.5. The summed E-state index contributed by atoms with van der Waals surface area (Å²) in [6.45, 7) is 13.4. The molecule has 10 rings (SSSR count). The molecule has 7 amide bonds. The molecule has 0 radical (unpaired) electrons. The van der Waals surface area contributed by atoms with Crippen molar-refractivity contribution in [1.82, 2.24) is 40.3 Å². The first-order valence-corrected chi connectivity index (χ1v) is 24.0. The molecule has 69 heavy (non-hydrogen) atoms. The average Bonchev–Trinajstić information content (AvgIpc) is 3.97. The molecule has 20 heteroatoms. The third-order valence-corrected chi connectivity index (χ3v) is 13.8. The van der Waals surface area contributed by atoms with Gasteiger partial charge in [0.05, 0.1) is 45.1 Å². The number of H-pyrrole nitrogens is 1. The summed E-state index contributed by atoms with van der Waals surface area (Å²) in [4.78, 5) is 109. The number of benzene rings is 3. The molecular weight excluding hydrogens is 993 g/mol. The molecule has 0 aliphatic carbocycles. The van der Waals surface area contributed by atoms with Crippen LogP contribution in [0.1, 0.15) is 57.7 Å². The first kappa shape index (κ1) is 49.3. The summed E-state index contributed by atoms with van der Waals surface area (Å²) in [6, 6.07) is 16.5. The van der Waals surface area contributed by atoms with E-state index >= 15 is 4.39 Å². The second-order valence-corrected chi connectivity index (χ2v) is 18.3.